The van der Waals surface area contributed by atoms with E-state index in [1.165, 1.54) is 0 Å². The van der Waals surface area contributed by atoms with Crippen molar-refractivity contribution in [2.75, 3.05) is 24.8 Å². The molecule has 0 fully saturated rings. The van der Waals surface area contributed by atoms with Gasteiger partial charge in [-0.1, -0.05) is 30.1 Å². The van der Waals surface area contributed by atoms with Crippen LogP contribution in [0.1, 0.15) is 23.7 Å². The zero-order valence-electron chi connectivity index (χ0n) is 11.2. The molecule has 1 aromatic rings. The van der Waals surface area contributed by atoms with E-state index in [9.17, 15) is 4.79 Å². The summed E-state index contributed by atoms with van der Waals surface area (Å²) in [7, 11) is 1.80. The lowest BCUT2D eigenvalue weighted by Crippen LogP contribution is -2.38. The van der Waals surface area contributed by atoms with Gasteiger partial charge < -0.3 is 10.6 Å². The fourth-order valence-electron chi connectivity index (χ4n) is 1.77. The van der Waals surface area contributed by atoms with Crippen molar-refractivity contribution in [1.29, 1.82) is 0 Å². The molecule has 2 N–H and O–H groups in total. The van der Waals surface area contributed by atoms with Gasteiger partial charge in [0.05, 0.1) is 15.7 Å². The number of anilines is 1. The second-order valence-electron chi connectivity index (χ2n) is 4.29. The highest BCUT2D eigenvalue weighted by molar-refractivity contribution is 7.98. The van der Waals surface area contributed by atoms with Crippen molar-refractivity contribution in [3.63, 3.8) is 0 Å². The number of carbonyl (C=O) groups excluding carboxylic acids is 1. The molecule has 0 aliphatic rings. The van der Waals surface area contributed by atoms with Gasteiger partial charge in [0.15, 0.2) is 0 Å². The maximum Gasteiger partial charge on any atom is 0.253 e. The number of benzene rings is 1. The number of nitrogen functional groups attached to an aromatic ring is 1. The molecule has 0 aromatic heterocycles. The summed E-state index contributed by atoms with van der Waals surface area (Å²) in [5, 5.41) is 0.615. The zero-order valence-corrected chi connectivity index (χ0v) is 13.6. The summed E-state index contributed by atoms with van der Waals surface area (Å²) in [6.45, 7) is 2.06. The third kappa shape index (κ3) is 3.94. The van der Waals surface area contributed by atoms with E-state index in [4.69, 9.17) is 28.9 Å². The van der Waals surface area contributed by atoms with Crippen molar-refractivity contribution >= 4 is 46.6 Å². The minimum Gasteiger partial charge on any atom is -0.396 e. The van der Waals surface area contributed by atoms with E-state index < -0.39 is 0 Å². The molecule has 1 rings (SSSR count). The predicted octanol–water partition coefficient (Wildman–Crippen LogP) is 3.79. The molecule has 1 atom stereocenters. The molecular formula is C13H18Cl2N2OS. The Morgan fingerprint density at radius 3 is 2.37 bits per heavy atom. The molecule has 6 heteroatoms. The number of thioether (sulfide) groups is 1. The van der Waals surface area contributed by atoms with Crippen molar-refractivity contribution in [1.82, 2.24) is 4.90 Å². The lowest BCUT2D eigenvalue weighted by atomic mass is 10.1. The Labute approximate surface area is 128 Å². The molecular weight excluding hydrogens is 303 g/mol. The molecule has 0 heterocycles. The van der Waals surface area contributed by atoms with Gasteiger partial charge in [0.2, 0.25) is 0 Å². The maximum atomic E-state index is 12.4. The Bertz CT molecular complexity index is 445. The van der Waals surface area contributed by atoms with E-state index in [0.717, 1.165) is 12.2 Å². The zero-order chi connectivity index (χ0) is 14.6. The third-order valence-electron chi connectivity index (χ3n) is 3.02. The molecule has 19 heavy (non-hydrogen) atoms. The predicted molar refractivity (Wildman–Crippen MR) is 85.4 cm³/mol. The molecule has 0 aliphatic carbocycles. The third-order valence-corrected chi connectivity index (χ3v) is 4.37. The average molecular weight is 321 g/mol. The molecule has 0 bridgehead atoms. The van der Waals surface area contributed by atoms with E-state index >= 15 is 0 Å². The van der Waals surface area contributed by atoms with Gasteiger partial charge >= 0.3 is 0 Å². The minimum absolute atomic E-state index is 0.0929. The average Bonchev–Trinajstić information content (AvgIpc) is 2.39. The highest BCUT2D eigenvalue weighted by Crippen LogP contribution is 2.29. The highest BCUT2D eigenvalue weighted by Gasteiger charge is 2.20. The SMILES string of the molecule is CCC(CSC)N(C)C(=O)c1cc(Cl)c(N)c(Cl)c1. The van der Waals surface area contributed by atoms with Gasteiger partial charge in [-0.05, 0) is 24.8 Å². The summed E-state index contributed by atoms with van der Waals surface area (Å²) < 4.78 is 0. The van der Waals surface area contributed by atoms with Crippen LogP contribution in [0.15, 0.2) is 12.1 Å². The number of hydrogen-bond acceptors (Lipinski definition) is 3. The van der Waals surface area contributed by atoms with Gasteiger partial charge in [0, 0.05) is 24.4 Å². The maximum absolute atomic E-state index is 12.4. The molecule has 3 nitrogen and oxygen atoms in total. The number of hydrogen-bond donors (Lipinski definition) is 1. The van der Waals surface area contributed by atoms with Crippen LogP contribution in [0.2, 0.25) is 10.0 Å². The highest BCUT2D eigenvalue weighted by atomic mass is 35.5. The number of rotatable bonds is 5. The van der Waals surface area contributed by atoms with Crippen LogP contribution >= 0.6 is 35.0 Å². The number of carbonyl (C=O) groups is 1. The monoisotopic (exact) mass is 320 g/mol. The molecule has 0 radical (unpaired) electrons. The van der Waals surface area contributed by atoms with Gasteiger partial charge in [-0.15, -0.1) is 0 Å². The van der Waals surface area contributed by atoms with Crippen molar-refractivity contribution in [3.8, 4) is 0 Å². The van der Waals surface area contributed by atoms with Gasteiger partial charge in [-0.2, -0.15) is 11.8 Å². The standard InChI is InChI=1S/C13H18Cl2N2OS/c1-4-9(7-19-3)17(2)13(18)8-5-10(14)12(16)11(15)6-8/h5-6,9H,4,7,16H2,1-3H3. The van der Waals surface area contributed by atoms with Crippen molar-refractivity contribution < 1.29 is 4.79 Å². The first-order valence-corrected chi connectivity index (χ1v) is 8.07. The van der Waals surface area contributed by atoms with Crippen molar-refractivity contribution in [2.45, 2.75) is 19.4 Å². The van der Waals surface area contributed by atoms with Crippen LogP contribution in [0.5, 0.6) is 0 Å². The Morgan fingerprint density at radius 1 is 1.42 bits per heavy atom. The summed E-state index contributed by atoms with van der Waals surface area (Å²) in [5.41, 5.74) is 6.44. The molecule has 0 saturated heterocycles. The Morgan fingerprint density at radius 2 is 1.95 bits per heavy atom. The first-order valence-electron chi connectivity index (χ1n) is 5.93. The first-order chi connectivity index (χ1) is 8.92. The Balaban J connectivity index is 2.99. The van der Waals surface area contributed by atoms with Gasteiger partial charge in [-0.3, -0.25) is 4.79 Å². The van der Waals surface area contributed by atoms with E-state index in [-0.39, 0.29) is 11.9 Å². The van der Waals surface area contributed by atoms with Crippen LogP contribution in [0.25, 0.3) is 0 Å². The van der Waals surface area contributed by atoms with Crippen LogP contribution in [0, 0.1) is 0 Å². The van der Waals surface area contributed by atoms with Crippen molar-refractivity contribution in [2.24, 2.45) is 0 Å². The smallest absolute Gasteiger partial charge is 0.253 e. The van der Waals surface area contributed by atoms with Gasteiger partial charge in [0.25, 0.3) is 5.91 Å². The van der Waals surface area contributed by atoms with Crippen LogP contribution in [-0.4, -0.2) is 35.9 Å². The quantitative estimate of drug-likeness (QED) is 0.839. The summed E-state index contributed by atoms with van der Waals surface area (Å²) >= 11 is 13.6. The molecule has 0 spiro atoms. The van der Waals surface area contributed by atoms with E-state index in [1.807, 2.05) is 6.26 Å². The molecule has 1 aromatic carbocycles. The first kappa shape index (κ1) is 16.5. The molecule has 0 saturated carbocycles. The molecule has 1 unspecified atom stereocenters. The number of amides is 1. The van der Waals surface area contributed by atoms with Crippen LogP contribution in [0.4, 0.5) is 5.69 Å². The normalized spacial score (nSPS) is 12.3. The fraction of sp³-hybridized carbons (Fsp3) is 0.462. The fourth-order valence-corrected chi connectivity index (χ4v) is 3.10. The Kier molecular flexibility index (Phi) is 6.30. The van der Waals surface area contributed by atoms with Crippen LogP contribution < -0.4 is 5.73 Å². The molecule has 1 amide bonds. The van der Waals surface area contributed by atoms with E-state index in [1.54, 1.807) is 35.8 Å². The van der Waals surface area contributed by atoms with Crippen molar-refractivity contribution in [3.05, 3.63) is 27.7 Å². The second-order valence-corrected chi connectivity index (χ2v) is 6.01. The number of nitrogens with two attached hydrogens (primary N) is 1. The summed E-state index contributed by atoms with van der Waals surface area (Å²) in [6, 6.07) is 3.32. The number of nitrogens with zero attached hydrogens (tertiary/aromatic N) is 1. The minimum atomic E-state index is -0.0929. The van der Waals surface area contributed by atoms with Crippen LogP contribution in [0.3, 0.4) is 0 Å². The number of halogens is 2. The van der Waals surface area contributed by atoms with E-state index in [0.29, 0.717) is 21.3 Å². The summed E-state index contributed by atoms with van der Waals surface area (Å²) in [6.07, 6.45) is 2.93. The Hall–Kier alpha value is -0.580. The van der Waals surface area contributed by atoms with Gasteiger partial charge in [-0.25, -0.2) is 0 Å². The summed E-state index contributed by atoms with van der Waals surface area (Å²) in [5.74, 6) is 0.805. The largest absolute Gasteiger partial charge is 0.396 e. The topological polar surface area (TPSA) is 46.3 Å². The summed E-state index contributed by atoms with van der Waals surface area (Å²) in [4.78, 5) is 14.1. The second kappa shape index (κ2) is 7.27. The van der Waals surface area contributed by atoms with E-state index in [2.05, 4.69) is 6.92 Å². The van der Waals surface area contributed by atoms with Crippen LogP contribution in [-0.2, 0) is 0 Å². The lowest BCUT2D eigenvalue weighted by molar-refractivity contribution is 0.0743. The molecule has 106 valence electrons. The lowest BCUT2D eigenvalue weighted by Gasteiger charge is -2.27. The van der Waals surface area contributed by atoms with Gasteiger partial charge in [0.1, 0.15) is 0 Å². The molecule has 0 aliphatic heterocycles.